The van der Waals surface area contributed by atoms with Crippen LogP contribution in [-0.2, 0) is 6.42 Å². The molecule has 3 heterocycles. The number of piperidine rings is 1. The lowest BCUT2D eigenvalue weighted by Gasteiger charge is -2.38. The average Bonchev–Trinajstić information content (AvgIpc) is 3.18. The second kappa shape index (κ2) is 9.68. The van der Waals surface area contributed by atoms with Crippen molar-refractivity contribution in [3.8, 4) is 0 Å². The molecule has 0 aliphatic carbocycles. The summed E-state index contributed by atoms with van der Waals surface area (Å²) < 4.78 is 4.42. The molecule has 0 spiro atoms. The molecule has 0 radical (unpaired) electrons. The fourth-order valence-corrected chi connectivity index (χ4v) is 4.73. The fraction of sp³-hybridized carbons (Fsp3) is 0.842. The lowest BCUT2D eigenvalue weighted by Crippen LogP contribution is -2.53. The third-order valence-corrected chi connectivity index (χ3v) is 6.48. The number of aliphatic imine (C=N–C) groups is 1. The first kappa shape index (κ1) is 20.3. The summed E-state index contributed by atoms with van der Waals surface area (Å²) in [6.45, 7) is 14.1. The van der Waals surface area contributed by atoms with Gasteiger partial charge in [-0.1, -0.05) is 6.92 Å². The minimum atomic E-state index is 0.647. The Balaban J connectivity index is 1.46. The first-order valence-corrected chi connectivity index (χ1v) is 11.1. The van der Waals surface area contributed by atoms with Crippen LogP contribution in [0, 0.1) is 5.92 Å². The standard InChI is InChI=1S/C19H35N7S/c1-5-17-22-19(27-23-17)25-11-9-24(10-12-25)18(20-4)21-13-16-7-6-8-26(14-16)15(2)3/h15-16H,5-14H2,1-4H3,(H,20,21). The van der Waals surface area contributed by atoms with Gasteiger partial charge in [-0.25, -0.2) is 4.98 Å². The molecule has 1 unspecified atom stereocenters. The maximum Gasteiger partial charge on any atom is 0.205 e. The smallest absolute Gasteiger partial charge is 0.205 e. The summed E-state index contributed by atoms with van der Waals surface area (Å²) in [6.07, 6.45) is 3.53. The Morgan fingerprint density at radius 3 is 2.67 bits per heavy atom. The summed E-state index contributed by atoms with van der Waals surface area (Å²) in [7, 11) is 1.90. The Morgan fingerprint density at radius 1 is 1.26 bits per heavy atom. The summed E-state index contributed by atoms with van der Waals surface area (Å²) in [5.41, 5.74) is 0. The zero-order valence-corrected chi connectivity index (χ0v) is 18.1. The molecule has 8 heteroatoms. The highest BCUT2D eigenvalue weighted by atomic mass is 32.1. The number of aryl methyl sites for hydroxylation is 1. The molecule has 152 valence electrons. The molecular weight excluding hydrogens is 358 g/mol. The molecule has 0 aromatic carbocycles. The van der Waals surface area contributed by atoms with E-state index in [4.69, 9.17) is 0 Å². The number of nitrogens with zero attached hydrogens (tertiary/aromatic N) is 6. The minimum absolute atomic E-state index is 0.647. The molecule has 27 heavy (non-hydrogen) atoms. The SMILES string of the molecule is CCc1nsc(N2CCN(C(=NC)NCC3CCCN(C(C)C)C3)CC2)n1. The maximum atomic E-state index is 4.63. The van der Waals surface area contributed by atoms with Crippen LogP contribution in [-0.4, -0.2) is 84.0 Å². The van der Waals surface area contributed by atoms with E-state index in [-0.39, 0.29) is 0 Å². The van der Waals surface area contributed by atoms with Gasteiger partial charge in [-0.2, -0.15) is 4.37 Å². The van der Waals surface area contributed by atoms with E-state index in [9.17, 15) is 0 Å². The van der Waals surface area contributed by atoms with Crippen molar-refractivity contribution in [1.29, 1.82) is 0 Å². The molecule has 7 nitrogen and oxygen atoms in total. The third-order valence-electron chi connectivity index (χ3n) is 5.66. The zero-order valence-electron chi connectivity index (χ0n) is 17.3. The quantitative estimate of drug-likeness (QED) is 0.609. The van der Waals surface area contributed by atoms with Gasteiger partial charge in [0.05, 0.1) is 0 Å². The number of hydrogen-bond donors (Lipinski definition) is 1. The van der Waals surface area contributed by atoms with E-state index in [1.807, 2.05) is 7.05 Å². The van der Waals surface area contributed by atoms with Crippen LogP contribution in [0.15, 0.2) is 4.99 Å². The van der Waals surface area contributed by atoms with Crippen molar-refractivity contribution in [2.24, 2.45) is 10.9 Å². The van der Waals surface area contributed by atoms with Gasteiger partial charge in [-0.15, -0.1) is 0 Å². The zero-order chi connectivity index (χ0) is 19.2. The van der Waals surface area contributed by atoms with Crippen LogP contribution in [0.2, 0.25) is 0 Å². The van der Waals surface area contributed by atoms with Crippen molar-refractivity contribution in [2.75, 3.05) is 57.8 Å². The molecule has 0 amide bonds. The molecule has 2 saturated heterocycles. The van der Waals surface area contributed by atoms with Crippen molar-refractivity contribution >= 4 is 22.6 Å². The largest absolute Gasteiger partial charge is 0.356 e. The predicted octanol–water partition coefficient (Wildman–Crippen LogP) is 1.92. The highest BCUT2D eigenvalue weighted by Crippen LogP contribution is 2.20. The molecule has 2 aliphatic heterocycles. The first-order chi connectivity index (χ1) is 13.1. The highest BCUT2D eigenvalue weighted by Gasteiger charge is 2.24. The number of aromatic nitrogens is 2. The van der Waals surface area contributed by atoms with Gasteiger partial charge in [0.15, 0.2) is 5.96 Å². The van der Waals surface area contributed by atoms with E-state index >= 15 is 0 Å². The van der Waals surface area contributed by atoms with Crippen molar-refractivity contribution < 1.29 is 0 Å². The van der Waals surface area contributed by atoms with E-state index < -0.39 is 0 Å². The van der Waals surface area contributed by atoms with Crippen LogP contribution in [0.4, 0.5) is 5.13 Å². The number of likely N-dealkylation sites (tertiary alicyclic amines) is 1. The normalized spacial score (nSPS) is 22.6. The third kappa shape index (κ3) is 5.31. The van der Waals surface area contributed by atoms with Gasteiger partial charge < -0.3 is 20.0 Å². The molecule has 1 aromatic rings. The Morgan fingerprint density at radius 2 is 2.04 bits per heavy atom. The molecule has 2 fully saturated rings. The van der Waals surface area contributed by atoms with Crippen LogP contribution in [0.1, 0.15) is 39.4 Å². The van der Waals surface area contributed by atoms with Crippen LogP contribution >= 0.6 is 11.5 Å². The van der Waals surface area contributed by atoms with Gasteiger partial charge >= 0.3 is 0 Å². The summed E-state index contributed by atoms with van der Waals surface area (Å²) >= 11 is 1.52. The summed E-state index contributed by atoms with van der Waals surface area (Å²) in [4.78, 5) is 16.5. The molecule has 2 aliphatic rings. The number of guanidine groups is 1. The topological polar surface area (TPSA) is 59.9 Å². The molecule has 3 rings (SSSR count). The second-order valence-electron chi connectivity index (χ2n) is 7.85. The van der Waals surface area contributed by atoms with Crippen molar-refractivity contribution in [3.63, 3.8) is 0 Å². The summed E-state index contributed by atoms with van der Waals surface area (Å²) in [5, 5.41) is 4.70. The van der Waals surface area contributed by atoms with Crippen LogP contribution < -0.4 is 10.2 Å². The van der Waals surface area contributed by atoms with Gasteiger partial charge in [-0.3, -0.25) is 4.99 Å². The number of rotatable bonds is 5. The Bertz CT molecular complexity index is 607. The Kier molecular flexibility index (Phi) is 7.29. The minimum Gasteiger partial charge on any atom is -0.356 e. The maximum absolute atomic E-state index is 4.63. The average molecular weight is 394 g/mol. The highest BCUT2D eigenvalue weighted by molar-refractivity contribution is 7.09. The second-order valence-corrected chi connectivity index (χ2v) is 8.58. The lowest BCUT2D eigenvalue weighted by atomic mass is 9.97. The number of hydrogen-bond acceptors (Lipinski definition) is 6. The number of anilines is 1. The van der Waals surface area contributed by atoms with E-state index in [0.717, 1.165) is 56.1 Å². The molecule has 1 atom stereocenters. The Hall–Kier alpha value is -1.41. The van der Waals surface area contributed by atoms with Crippen LogP contribution in [0.5, 0.6) is 0 Å². The van der Waals surface area contributed by atoms with E-state index in [1.165, 1.54) is 37.5 Å². The molecule has 1 aromatic heterocycles. The fourth-order valence-electron chi connectivity index (χ4n) is 3.93. The van der Waals surface area contributed by atoms with Gasteiger partial charge in [0, 0.05) is 70.3 Å². The first-order valence-electron chi connectivity index (χ1n) is 10.4. The van der Waals surface area contributed by atoms with Gasteiger partial charge in [0.2, 0.25) is 5.13 Å². The molecular formula is C19H35N7S. The van der Waals surface area contributed by atoms with E-state index in [2.05, 4.69) is 55.1 Å². The summed E-state index contributed by atoms with van der Waals surface area (Å²) in [5.74, 6) is 2.72. The van der Waals surface area contributed by atoms with Gasteiger partial charge in [0.25, 0.3) is 0 Å². The molecule has 0 bridgehead atoms. The number of nitrogens with one attached hydrogen (secondary N) is 1. The van der Waals surface area contributed by atoms with Crippen LogP contribution in [0.25, 0.3) is 0 Å². The molecule has 0 saturated carbocycles. The molecule has 1 N–H and O–H groups in total. The van der Waals surface area contributed by atoms with Gasteiger partial charge in [0.1, 0.15) is 5.82 Å². The monoisotopic (exact) mass is 393 g/mol. The Labute approximate surface area is 168 Å². The van der Waals surface area contributed by atoms with E-state index in [1.54, 1.807) is 0 Å². The predicted molar refractivity (Wildman–Crippen MR) is 114 cm³/mol. The van der Waals surface area contributed by atoms with Crippen molar-refractivity contribution in [3.05, 3.63) is 5.82 Å². The number of piperazine rings is 1. The van der Waals surface area contributed by atoms with Crippen molar-refractivity contribution in [2.45, 2.75) is 46.1 Å². The summed E-state index contributed by atoms with van der Waals surface area (Å²) in [6, 6.07) is 0.647. The lowest BCUT2D eigenvalue weighted by molar-refractivity contribution is 0.140. The van der Waals surface area contributed by atoms with Crippen LogP contribution in [0.3, 0.4) is 0 Å². The van der Waals surface area contributed by atoms with Gasteiger partial charge in [-0.05, 0) is 39.2 Å². The van der Waals surface area contributed by atoms with Crippen molar-refractivity contribution in [1.82, 2.24) is 24.5 Å². The van der Waals surface area contributed by atoms with E-state index in [0.29, 0.717) is 12.0 Å².